The summed E-state index contributed by atoms with van der Waals surface area (Å²) >= 11 is 5.73. The van der Waals surface area contributed by atoms with Crippen molar-refractivity contribution in [1.82, 2.24) is 4.90 Å². The fraction of sp³-hybridized carbons (Fsp3) is 0.875. The fourth-order valence-corrected chi connectivity index (χ4v) is 1.52. The molecule has 0 aromatic rings. The van der Waals surface area contributed by atoms with E-state index >= 15 is 0 Å². The number of nitrogens with zero attached hydrogens (tertiary/aromatic N) is 2. The molecular formula is C8H15ClN2O. The Morgan fingerprint density at radius 3 is 3.08 bits per heavy atom. The van der Waals surface area contributed by atoms with Crippen molar-refractivity contribution in [3.63, 3.8) is 0 Å². The highest BCUT2D eigenvalue weighted by atomic mass is 35.5. The topological polar surface area (TPSA) is 35.8 Å². The van der Waals surface area contributed by atoms with Gasteiger partial charge >= 0.3 is 0 Å². The van der Waals surface area contributed by atoms with Gasteiger partial charge in [0.15, 0.2) is 0 Å². The maximum atomic E-state index is 8.77. The molecule has 1 heterocycles. The first kappa shape index (κ1) is 9.81. The first-order valence-electron chi connectivity index (χ1n) is 4.25. The molecule has 3 nitrogen and oxygen atoms in total. The van der Waals surface area contributed by atoms with Gasteiger partial charge in [0, 0.05) is 24.9 Å². The van der Waals surface area contributed by atoms with Gasteiger partial charge in [-0.1, -0.05) is 6.92 Å². The standard InChI is InChI=1S/C8H15ClN2O/c1-7(6-9)8-10-2-3-11(8)4-5-12/h7,12H,2-6H2,1H3. The fourth-order valence-electron chi connectivity index (χ4n) is 1.38. The molecule has 0 aromatic heterocycles. The van der Waals surface area contributed by atoms with E-state index in [0.717, 1.165) is 18.9 Å². The van der Waals surface area contributed by atoms with Crippen LogP contribution in [0.4, 0.5) is 0 Å². The summed E-state index contributed by atoms with van der Waals surface area (Å²) in [4.78, 5) is 6.46. The minimum Gasteiger partial charge on any atom is -0.395 e. The van der Waals surface area contributed by atoms with Gasteiger partial charge in [0.2, 0.25) is 0 Å². The maximum absolute atomic E-state index is 8.77. The normalized spacial score (nSPS) is 19.6. The van der Waals surface area contributed by atoms with Crippen molar-refractivity contribution < 1.29 is 5.11 Å². The highest BCUT2D eigenvalue weighted by molar-refractivity contribution is 6.19. The number of hydrogen-bond acceptors (Lipinski definition) is 3. The molecule has 0 fully saturated rings. The van der Waals surface area contributed by atoms with E-state index in [4.69, 9.17) is 16.7 Å². The molecule has 0 amide bonds. The molecule has 0 aromatic carbocycles. The third-order valence-electron chi connectivity index (χ3n) is 2.01. The van der Waals surface area contributed by atoms with Crippen LogP contribution in [0.3, 0.4) is 0 Å². The van der Waals surface area contributed by atoms with E-state index in [2.05, 4.69) is 16.8 Å². The average Bonchev–Trinajstić information content (AvgIpc) is 2.52. The van der Waals surface area contributed by atoms with Crippen molar-refractivity contribution in [3.8, 4) is 0 Å². The molecule has 1 rings (SSSR count). The van der Waals surface area contributed by atoms with Crippen LogP contribution >= 0.6 is 11.6 Å². The molecular weight excluding hydrogens is 176 g/mol. The van der Waals surface area contributed by atoms with Gasteiger partial charge in [-0.15, -0.1) is 11.6 Å². The van der Waals surface area contributed by atoms with Crippen LogP contribution in [0.1, 0.15) is 6.92 Å². The zero-order chi connectivity index (χ0) is 8.97. The number of aliphatic imine (C=N–C) groups is 1. The molecule has 1 N–H and O–H groups in total. The molecule has 1 atom stereocenters. The lowest BCUT2D eigenvalue weighted by molar-refractivity contribution is 0.253. The molecule has 1 aliphatic heterocycles. The Bertz CT molecular complexity index is 172. The van der Waals surface area contributed by atoms with E-state index in [-0.39, 0.29) is 6.61 Å². The molecule has 0 spiro atoms. The molecule has 1 unspecified atom stereocenters. The van der Waals surface area contributed by atoms with Crippen LogP contribution in [0, 0.1) is 5.92 Å². The zero-order valence-electron chi connectivity index (χ0n) is 7.33. The van der Waals surface area contributed by atoms with E-state index in [1.807, 2.05) is 0 Å². The van der Waals surface area contributed by atoms with Crippen molar-refractivity contribution in [2.75, 3.05) is 32.1 Å². The molecule has 0 saturated carbocycles. The lowest BCUT2D eigenvalue weighted by Crippen LogP contribution is -2.34. The third kappa shape index (κ3) is 2.11. The van der Waals surface area contributed by atoms with E-state index < -0.39 is 0 Å². The summed E-state index contributed by atoms with van der Waals surface area (Å²) in [5.41, 5.74) is 0. The van der Waals surface area contributed by atoms with E-state index in [0.29, 0.717) is 18.3 Å². The lowest BCUT2D eigenvalue weighted by Gasteiger charge is -2.22. The summed E-state index contributed by atoms with van der Waals surface area (Å²) in [5, 5.41) is 8.77. The lowest BCUT2D eigenvalue weighted by atomic mass is 10.2. The number of alkyl halides is 1. The first-order valence-corrected chi connectivity index (χ1v) is 4.79. The number of halogens is 1. The van der Waals surface area contributed by atoms with Crippen LogP contribution in [0.5, 0.6) is 0 Å². The number of rotatable bonds is 4. The summed E-state index contributed by atoms with van der Waals surface area (Å²) in [5.74, 6) is 1.96. The van der Waals surface area contributed by atoms with E-state index in [1.165, 1.54) is 0 Å². The van der Waals surface area contributed by atoms with Crippen molar-refractivity contribution in [3.05, 3.63) is 0 Å². The molecule has 0 bridgehead atoms. The molecule has 0 saturated heterocycles. The Morgan fingerprint density at radius 2 is 2.50 bits per heavy atom. The predicted molar refractivity (Wildman–Crippen MR) is 50.8 cm³/mol. The summed E-state index contributed by atoms with van der Waals surface area (Å²) in [6, 6.07) is 0. The van der Waals surface area contributed by atoms with Gasteiger partial charge in [0.1, 0.15) is 5.84 Å². The van der Waals surface area contributed by atoms with E-state index in [1.54, 1.807) is 0 Å². The quantitative estimate of drug-likeness (QED) is 0.658. The third-order valence-corrected chi connectivity index (χ3v) is 2.47. The van der Waals surface area contributed by atoms with Gasteiger partial charge in [-0.2, -0.15) is 0 Å². The number of hydrogen-bond donors (Lipinski definition) is 1. The number of amidine groups is 1. The molecule has 12 heavy (non-hydrogen) atoms. The van der Waals surface area contributed by atoms with Crippen molar-refractivity contribution in [2.24, 2.45) is 10.9 Å². The van der Waals surface area contributed by atoms with Gasteiger partial charge in [0.05, 0.1) is 13.2 Å². The molecule has 0 aliphatic carbocycles. The number of β-amino-alcohol motifs (C(OH)–C–C–N with tert-alkyl or cyclic N) is 1. The smallest absolute Gasteiger partial charge is 0.103 e. The second-order valence-electron chi connectivity index (χ2n) is 3.01. The van der Waals surface area contributed by atoms with Crippen molar-refractivity contribution >= 4 is 17.4 Å². The van der Waals surface area contributed by atoms with Crippen LogP contribution < -0.4 is 0 Å². The van der Waals surface area contributed by atoms with Crippen molar-refractivity contribution in [1.29, 1.82) is 0 Å². The van der Waals surface area contributed by atoms with Crippen LogP contribution in [-0.2, 0) is 0 Å². The van der Waals surface area contributed by atoms with Gasteiger partial charge < -0.3 is 10.0 Å². The van der Waals surface area contributed by atoms with Crippen LogP contribution in [0.2, 0.25) is 0 Å². The predicted octanol–water partition coefficient (Wildman–Crippen LogP) is 0.568. The molecule has 70 valence electrons. The number of aliphatic hydroxyl groups excluding tert-OH is 1. The Labute approximate surface area is 78.0 Å². The Hall–Kier alpha value is -0.280. The van der Waals surface area contributed by atoms with Gasteiger partial charge in [-0.25, -0.2) is 0 Å². The summed E-state index contributed by atoms with van der Waals surface area (Å²) < 4.78 is 0. The Kier molecular flexibility index (Phi) is 3.82. The minimum atomic E-state index is 0.189. The Morgan fingerprint density at radius 1 is 1.75 bits per heavy atom. The largest absolute Gasteiger partial charge is 0.395 e. The highest BCUT2D eigenvalue weighted by Gasteiger charge is 2.20. The van der Waals surface area contributed by atoms with Gasteiger partial charge in [-0.05, 0) is 0 Å². The second kappa shape index (κ2) is 4.67. The molecule has 1 aliphatic rings. The zero-order valence-corrected chi connectivity index (χ0v) is 8.09. The van der Waals surface area contributed by atoms with Crippen LogP contribution in [-0.4, -0.2) is 48.0 Å². The number of aliphatic hydroxyl groups is 1. The first-order chi connectivity index (χ1) is 5.79. The summed E-state index contributed by atoms with van der Waals surface area (Å²) in [6.45, 7) is 4.70. The maximum Gasteiger partial charge on any atom is 0.103 e. The molecule has 4 heteroatoms. The SMILES string of the molecule is CC(CCl)C1=NCCN1CCO. The Balaban J connectivity index is 2.50. The summed E-state index contributed by atoms with van der Waals surface area (Å²) in [6.07, 6.45) is 0. The average molecular weight is 191 g/mol. The monoisotopic (exact) mass is 190 g/mol. The van der Waals surface area contributed by atoms with E-state index in [9.17, 15) is 0 Å². The highest BCUT2D eigenvalue weighted by Crippen LogP contribution is 2.11. The minimum absolute atomic E-state index is 0.189. The van der Waals surface area contributed by atoms with Gasteiger partial charge in [-0.3, -0.25) is 4.99 Å². The second-order valence-corrected chi connectivity index (χ2v) is 3.31. The van der Waals surface area contributed by atoms with Crippen LogP contribution in [0.25, 0.3) is 0 Å². The van der Waals surface area contributed by atoms with Crippen molar-refractivity contribution in [2.45, 2.75) is 6.92 Å². The summed E-state index contributed by atoms with van der Waals surface area (Å²) in [7, 11) is 0. The molecule has 0 radical (unpaired) electrons. The van der Waals surface area contributed by atoms with Crippen LogP contribution in [0.15, 0.2) is 4.99 Å². The van der Waals surface area contributed by atoms with Gasteiger partial charge in [0.25, 0.3) is 0 Å².